The predicted molar refractivity (Wildman–Crippen MR) is 76.1 cm³/mol. The first-order valence-corrected chi connectivity index (χ1v) is 7.02. The van der Waals surface area contributed by atoms with E-state index in [1.165, 1.54) is 12.1 Å². The standard InChI is InChI=1S/C15H14F2N2O4/c16-15(17)22-11-3-1-9(2-4-11)12-7-13(23-19-12)18-14(20)10-5-6-21-8-10/h1-4,7,10,15H,5-6,8H2,(H,18,20)/t10-/m1/s1. The van der Waals surface area contributed by atoms with Gasteiger partial charge in [0.15, 0.2) is 0 Å². The summed E-state index contributed by atoms with van der Waals surface area (Å²) >= 11 is 0. The van der Waals surface area contributed by atoms with Crippen LogP contribution in [-0.2, 0) is 9.53 Å². The van der Waals surface area contributed by atoms with Crippen LogP contribution in [0, 0.1) is 5.92 Å². The Bertz CT molecular complexity index is 666. The maximum Gasteiger partial charge on any atom is 0.387 e. The third kappa shape index (κ3) is 3.84. The van der Waals surface area contributed by atoms with Gasteiger partial charge in [-0.05, 0) is 30.7 Å². The molecule has 1 amide bonds. The summed E-state index contributed by atoms with van der Waals surface area (Å²) in [6.45, 7) is -1.89. The maximum atomic E-state index is 12.1. The second-order valence-electron chi connectivity index (χ2n) is 5.03. The van der Waals surface area contributed by atoms with Crippen LogP contribution in [0.1, 0.15) is 6.42 Å². The first-order valence-electron chi connectivity index (χ1n) is 7.02. The molecule has 1 aromatic carbocycles. The number of alkyl halides is 2. The minimum absolute atomic E-state index is 0.0574. The Labute approximate surface area is 130 Å². The maximum absolute atomic E-state index is 12.1. The van der Waals surface area contributed by atoms with Crippen LogP contribution in [0.2, 0.25) is 0 Å². The lowest BCUT2D eigenvalue weighted by Crippen LogP contribution is -2.22. The summed E-state index contributed by atoms with van der Waals surface area (Å²) in [5, 5.41) is 6.49. The zero-order chi connectivity index (χ0) is 16.2. The number of carbonyl (C=O) groups excluding carboxylic acids is 1. The molecule has 2 aromatic rings. The fourth-order valence-electron chi connectivity index (χ4n) is 2.24. The van der Waals surface area contributed by atoms with Gasteiger partial charge in [-0.1, -0.05) is 5.16 Å². The lowest BCUT2D eigenvalue weighted by atomic mass is 10.1. The summed E-state index contributed by atoms with van der Waals surface area (Å²) in [6.07, 6.45) is 0.679. The summed E-state index contributed by atoms with van der Waals surface area (Å²) < 4.78 is 38.7. The van der Waals surface area contributed by atoms with Crippen LogP contribution in [0.5, 0.6) is 5.75 Å². The normalized spacial score (nSPS) is 17.4. The molecule has 122 valence electrons. The topological polar surface area (TPSA) is 73.6 Å². The molecule has 0 aliphatic carbocycles. The monoisotopic (exact) mass is 324 g/mol. The number of carbonyl (C=O) groups is 1. The number of nitrogens with zero attached hydrogens (tertiary/aromatic N) is 1. The number of aromatic nitrogens is 1. The lowest BCUT2D eigenvalue weighted by Gasteiger charge is -2.05. The van der Waals surface area contributed by atoms with Gasteiger partial charge in [0.05, 0.1) is 12.5 Å². The highest BCUT2D eigenvalue weighted by Gasteiger charge is 2.24. The smallest absolute Gasteiger partial charge is 0.387 e. The van der Waals surface area contributed by atoms with E-state index in [1.807, 2.05) is 0 Å². The molecule has 1 aliphatic rings. The Morgan fingerprint density at radius 1 is 1.35 bits per heavy atom. The van der Waals surface area contributed by atoms with E-state index in [0.29, 0.717) is 30.9 Å². The molecule has 1 atom stereocenters. The van der Waals surface area contributed by atoms with Crippen LogP contribution < -0.4 is 10.1 Å². The third-order valence-corrected chi connectivity index (χ3v) is 3.43. The highest BCUT2D eigenvalue weighted by molar-refractivity contribution is 5.92. The molecule has 3 rings (SSSR count). The van der Waals surface area contributed by atoms with Gasteiger partial charge in [0.1, 0.15) is 11.4 Å². The number of hydrogen-bond acceptors (Lipinski definition) is 5. The Balaban J connectivity index is 1.65. The van der Waals surface area contributed by atoms with Crippen LogP contribution in [-0.4, -0.2) is 30.9 Å². The van der Waals surface area contributed by atoms with Crippen LogP contribution in [0.15, 0.2) is 34.9 Å². The van der Waals surface area contributed by atoms with Gasteiger partial charge in [-0.25, -0.2) is 0 Å². The zero-order valence-corrected chi connectivity index (χ0v) is 12.0. The van der Waals surface area contributed by atoms with Crippen molar-refractivity contribution in [2.75, 3.05) is 18.5 Å². The van der Waals surface area contributed by atoms with Gasteiger partial charge in [0, 0.05) is 18.2 Å². The number of ether oxygens (including phenoxy) is 2. The highest BCUT2D eigenvalue weighted by atomic mass is 19.3. The first kappa shape index (κ1) is 15.4. The molecule has 1 aromatic heterocycles. The molecule has 0 saturated carbocycles. The van der Waals surface area contributed by atoms with E-state index >= 15 is 0 Å². The molecule has 2 heterocycles. The zero-order valence-electron chi connectivity index (χ0n) is 12.0. The third-order valence-electron chi connectivity index (χ3n) is 3.43. The van der Waals surface area contributed by atoms with Gasteiger partial charge in [-0.3, -0.25) is 10.1 Å². The van der Waals surface area contributed by atoms with Gasteiger partial charge in [0.25, 0.3) is 0 Å². The molecule has 1 fully saturated rings. The summed E-state index contributed by atoms with van der Waals surface area (Å²) in [7, 11) is 0. The van der Waals surface area contributed by atoms with E-state index in [1.54, 1.807) is 18.2 Å². The van der Waals surface area contributed by atoms with Crippen LogP contribution in [0.4, 0.5) is 14.7 Å². The molecule has 0 radical (unpaired) electrons. The largest absolute Gasteiger partial charge is 0.435 e. The van der Waals surface area contributed by atoms with Crippen molar-refractivity contribution in [3.05, 3.63) is 30.3 Å². The van der Waals surface area contributed by atoms with Gasteiger partial charge in [-0.2, -0.15) is 8.78 Å². The number of benzene rings is 1. The Morgan fingerprint density at radius 2 is 2.13 bits per heavy atom. The predicted octanol–water partition coefficient (Wildman–Crippen LogP) is 2.92. The van der Waals surface area contributed by atoms with Crippen molar-refractivity contribution in [3.63, 3.8) is 0 Å². The van der Waals surface area contributed by atoms with Crippen LogP contribution >= 0.6 is 0 Å². The fourth-order valence-corrected chi connectivity index (χ4v) is 2.24. The molecular weight excluding hydrogens is 310 g/mol. The molecular formula is C15H14F2N2O4. The SMILES string of the molecule is O=C(Nc1cc(-c2ccc(OC(F)F)cc2)no1)[C@@H]1CCOC1. The van der Waals surface area contributed by atoms with E-state index in [4.69, 9.17) is 9.26 Å². The van der Waals surface area contributed by atoms with Crippen molar-refractivity contribution in [1.29, 1.82) is 0 Å². The Morgan fingerprint density at radius 3 is 2.78 bits per heavy atom. The molecule has 0 unspecified atom stereocenters. The van der Waals surface area contributed by atoms with Crippen molar-refractivity contribution in [2.45, 2.75) is 13.0 Å². The molecule has 0 spiro atoms. The van der Waals surface area contributed by atoms with Crippen molar-refractivity contribution < 1.29 is 27.6 Å². The average molecular weight is 324 g/mol. The van der Waals surface area contributed by atoms with Crippen LogP contribution in [0.3, 0.4) is 0 Å². The highest BCUT2D eigenvalue weighted by Crippen LogP contribution is 2.25. The van der Waals surface area contributed by atoms with Gasteiger partial charge in [-0.15, -0.1) is 0 Å². The quantitative estimate of drug-likeness (QED) is 0.915. The van der Waals surface area contributed by atoms with Crippen molar-refractivity contribution in [1.82, 2.24) is 5.16 Å². The summed E-state index contributed by atoms with van der Waals surface area (Å²) in [5.74, 6) is -0.0768. The minimum atomic E-state index is -2.87. The van der Waals surface area contributed by atoms with E-state index in [9.17, 15) is 13.6 Å². The fraction of sp³-hybridized carbons (Fsp3) is 0.333. The van der Waals surface area contributed by atoms with Gasteiger partial charge < -0.3 is 14.0 Å². The summed E-state index contributed by atoms with van der Waals surface area (Å²) in [6, 6.07) is 7.53. The van der Waals surface area contributed by atoms with Crippen molar-refractivity contribution in [3.8, 4) is 17.0 Å². The van der Waals surface area contributed by atoms with Crippen LogP contribution in [0.25, 0.3) is 11.3 Å². The number of hydrogen-bond donors (Lipinski definition) is 1. The molecule has 1 N–H and O–H groups in total. The number of halogens is 2. The van der Waals surface area contributed by atoms with E-state index < -0.39 is 6.61 Å². The average Bonchev–Trinajstić information content (AvgIpc) is 3.18. The number of anilines is 1. The van der Waals surface area contributed by atoms with Crippen molar-refractivity contribution >= 4 is 11.8 Å². The lowest BCUT2D eigenvalue weighted by molar-refractivity contribution is -0.119. The Hall–Kier alpha value is -2.48. The molecule has 23 heavy (non-hydrogen) atoms. The van der Waals surface area contributed by atoms with Crippen molar-refractivity contribution in [2.24, 2.45) is 5.92 Å². The number of nitrogens with one attached hydrogen (secondary N) is 1. The van der Waals surface area contributed by atoms with Gasteiger partial charge in [0.2, 0.25) is 11.8 Å². The molecule has 1 saturated heterocycles. The Kier molecular flexibility index (Phi) is 4.52. The van der Waals surface area contributed by atoms with Gasteiger partial charge >= 0.3 is 6.61 Å². The molecule has 8 heteroatoms. The van der Waals surface area contributed by atoms with E-state index in [0.717, 1.165) is 0 Å². The minimum Gasteiger partial charge on any atom is -0.435 e. The first-order chi connectivity index (χ1) is 11.1. The molecule has 6 nitrogen and oxygen atoms in total. The number of rotatable bonds is 5. The molecule has 1 aliphatic heterocycles. The summed E-state index contributed by atoms with van der Waals surface area (Å²) in [5.41, 5.74) is 1.13. The van der Waals surface area contributed by atoms with E-state index in [-0.39, 0.29) is 23.5 Å². The molecule has 0 bridgehead atoms. The van der Waals surface area contributed by atoms with E-state index in [2.05, 4.69) is 15.2 Å². The number of amides is 1. The second-order valence-corrected chi connectivity index (χ2v) is 5.03. The summed E-state index contributed by atoms with van der Waals surface area (Å²) in [4.78, 5) is 11.9. The second kappa shape index (κ2) is 6.74.